The highest BCUT2D eigenvalue weighted by molar-refractivity contribution is 6.34. The van der Waals surface area contributed by atoms with Crippen LogP contribution in [0, 0.1) is 11.7 Å². The van der Waals surface area contributed by atoms with Crippen molar-refractivity contribution in [3.8, 4) is 0 Å². The highest BCUT2D eigenvalue weighted by Gasteiger charge is 2.28. The molecule has 0 spiro atoms. The van der Waals surface area contributed by atoms with Gasteiger partial charge >= 0.3 is 0 Å². The lowest BCUT2D eigenvalue weighted by atomic mass is 9.97. The molecule has 2 heterocycles. The SMILES string of the molecule is O=C(NCC1CCCN(C(=O)c2cccc(F)c2Cl)C1)C1CCCN1. The number of carbonyl (C=O) groups excluding carboxylic acids is 2. The van der Waals surface area contributed by atoms with Crippen molar-refractivity contribution >= 4 is 23.4 Å². The zero-order chi connectivity index (χ0) is 17.8. The smallest absolute Gasteiger partial charge is 0.255 e. The fourth-order valence-electron chi connectivity index (χ4n) is 3.53. The topological polar surface area (TPSA) is 61.4 Å². The Hall–Kier alpha value is -1.66. The van der Waals surface area contributed by atoms with E-state index in [4.69, 9.17) is 11.6 Å². The van der Waals surface area contributed by atoms with E-state index in [1.807, 2.05) is 0 Å². The molecule has 3 rings (SSSR count). The van der Waals surface area contributed by atoms with E-state index in [0.29, 0.717) is 19.6 Å². The van der Waals surface area contributed by atoms with Gasteiger partial charge in [-0.2, -0.15) is 0 Å². The van der Waals surface area contributed by atoms with E-state index in [0.717, 1.165) is 32.2 Å². The molecular weight excluding hydrogens is 345 g/mol. The van der Waals surface area contributed by atoms with Crippen LogP contribution >= 0.6 is 11.6 Å². The predicted molar refractivity (Wildman–Crippen MR) is 94.1 cm³/mol. The summed E-state index contributed by atoms with van der Waals surface area (Å²) < 4.78 is 13.6. The van der Waals surface area contributed by atoms with Gasteiger partial charge in [0.05, 0.1) is 16.6 Å². The summed E-state index contributed by atoms with van der Waals surface area (Å²) >= 11 is 5.93. The Kier molecular flexibility index (Phi) is 5.91. The number of nitrogens with one attached hydrogen (secondary N) is 2. The largest absolute Gasteiger partial charge is 0.354 e. The maximum atomic E-state index is 13.6. The Morgan fingerprint density at radius 2 is 2.16 bits per heavy atom. The normalized spacial score (nSPS) is 23.5. The van der Waals surface area contributed by atoms with E-state index in [9.17, 15) is 14.0 Å². The highest BCUT2D eigenvalue weighted by atomic mass is 35.5. The molecule has 2 saturated heterocycles. The van der Waals surface area contributed by atoms with Gasteiger partial charge in [-0.05, 0) is 50.3 Å². The van der Waals surface area contributed by atoms with Crippen LogP contribution in [0.25, 0.3) is 0 Å². The molecule has 25 heavy (non-hydrogen) atoms. The van der Waals surface area contributed by atoms with Gasteiger partial charge in [0.2, 0.25) is 5.91 Å². The predicted octanol–water partition coefficient (Wildman–Crippen LogP) is 2.20. The van der Waals surface area contributed by atoms with Gasteiger partial charge in [-0.3, -0.25) is 9.59 Å². The maximum absolute atomic E-state index is 13.6. The summed E-state index contributed by atoms with van der Waals surface area (Å²) in [6, 6.07) is 4.19. The maximum Gasteiger partial charge on any atom is 0.255 e. The van der Waals surface area contributed by atoms with Gasteiger partial charge in [0.15, 0.2) is 0 Å². The van der Waals surface area contributed by atoms with E-state index in [1.165, 1.54) is 12.1 Å². The molecule has 136 valence electrons. The highest BCUT2D eigenvalue weighted by Crippen LogP contribution is 2.24. The molecule has 2 unspecified atom stereocenters. The Labute approximate surface area is 151 Å². The summed E-state index contributed by atoms with van der Waals surface area (Å²) in [5.74, 6) is -0.597. The molecule has 0 bridgehead atoms. The summed E-state index contributed by atoms with van der Waals surface area (Å²) in [4.78, 5) is 26.4. The lowest BCUT2D eigenvalue weighted by Gasteiger charge is -2.33. The van der Waals surface area contributed by atoms with Gasteiger partial charge in [-0.15, -0.1) is 0 Å². The molecule has 2 atom stereocenters. The third-order valence-corrected chi connectivity index (χ3v) is 5.31. The number of piperidine rings is 1. The van der Waals surface area contributed by atoms with Crippen molar-refractivity contribution in [3.05, 3.63) is 34.6 Å². The van der Waals surface area contributed by atoms with Gasteiger partial charge in [-0.1, -0.05) is 17.7 Å². The fraction of sp³-hybridized carbons (Fsp3) is 0.556. The summed E-state index contributed by atoms with van der Waals surface area (Å²) in [5, 5.41) is 6.04. The van der Waals surface area contributed by atoms with E-state index >= 15 is 0 Å². The van der Waals surface area contributed by atoms with Crippen LogP contribution in [-0.2, 0) is 4.79 Å². The number of nitrogens with zero attached hydrogens (tertiary/aromatic N) is 1. The van der Waals surface area contributed by atoms with Crippen molar-refractivity contribution in [2.45, 2.75) is 31.7 Å². The van der Waals surface area contributed by atoms with Crippen molar-refractivity contribution in [1.29, 1.82) is 0 Å². The lowest BCUT2D eigenvalue weighted by molar-refractivity contribution is -0.123. The Bertz CT molecular complexity index is 649. The van der Waals surface area contributed by atoms with Crippen LogP contribution in [0.4, 0.5) is 4.39 Å². The average Bonchev–Trinajstić information content (AvgIpc) is 3.16. The number of amides is 2. The molecule has 0 saturated carbocycles. The summed E-state index contributed by atoms with van der Waals surface area (Å²) in [6.07, 6.45) is 3.72. The van der Waals surface area contributed by atoms with Crippen LogP contribution in [0.1, 0.15) is 36.0 Å². The minimum atomic E-state index is -0.586. The molecule has 2 aliphatic heterocycles. The van der Waals surface area contributed by atoms with Crippen molar-refractivity contribution in [1.82, 2.24) is 15.5 Å². The number of halogens is 2. The van der Waals surface area contributed by atoms with Crippen LogP contribution in [0.3, 0.4) is 0 Å². The molecule has 2 amide bonds. The Balaban J connectivity index is 1.56. The average molecular weight is 368 g/mol. The molecule has 0 aliphatic carbocycles. The fourth-order valence-corrected chi connectivity index (χ4v) is 3.74. The number of hydrogen-bond donors (Lipinski definition) is 2. The quantitative estimate of drug-likeness (QED) is 0.857. The van der Waals surface area contributed by atoms with Crippen LogP contribution in [0.15, 0.2) is 18.2 Å². The molecular formula is C18H23ClFN3O2. The van der Waals surface area contributed by atoms with Crippen molar-refractivity contribution < 1.29 is 14.0 Å². The van der Waals surface area contributed by atoms with E-state index in [-0.39, 0.29) is 34.4 Å². The standard InChI is InChI=1S/C18H23ClFN3O2/c19-16-13(5-1-6-14(16)20)18(25)23-9-3-4-12(11-23)10-22-17(24)15-7-2-8-21-15/h1,5-6,12,15,21H,2-4,7-11H2,(H,22,24). The minimum Gasteiger partial charge on any atom is -0.354 e. The molecule has 5 nitrogen and oxygen atoms in total. The molecule has 1 aromatic rings. The van der Waals surface area contributed by atoms with Crippen LogP contribution in [-0.4, -0.2) is 48.9 Å². The zero-order valence-electron chi connectivity index (χ0n) is 14.1. The first-order chi connectivity index (χ1) is 12.1. The van der Waals surface area contributed by atoms with Gasteiger partial charge in [-0.25, -0.2) is 4.39 Å². The second-order valence-corrected chi connectivity index (χ2v) is 7.13. The number of likely N-dealkylation sites (tertiary alicyclic amines) is 1. The van der Waals surface area contributed by atoms with Crippen LogP contribution in [0.5, 0.6) is 0 Å². The first-order valence-corrected chi connectivity index (χ1v) is 9.18. The Morgan fingerprint density at radius 3 is 2.92 bits per heavy atom. The van der Waals surface area contributed by atoms with Crippen LogP contribution < -0.4 is 10.6 Å². The Morgan fingerprint density at radius 1 is 1.32 bits per heavy atom. The second kappa shape index (κ2) is 8.15. The number of rotatable bonds is 4. The number of carbonyl (C=O) groups is 2. The van der Waals surface area contributed by atoms with Gasteiger partial charge in [0, 0.05) is 19.6 Å². The van der Waals surface area contributed by atoms with E-state index in [1.54, 1.807) is 11.0 Å². The molecule has 0 aromatic heterocycles. The van der Waals surface area contributed by atoms with Gasteiger partial charge < -0.3 is 15.5 Å². The van der Waals surface area contributed by atoms with Crippen molar-refractivity contribution in [3.63, 3.8) is 0 Å². The minimum absolute atomic E-state index is 0.0362. The third kappa shape index (κ3) is 4.30. The molecule has 2 aliphatic rings. The van der Waals surface area contributed by atoms with Crippen molar-refractivity contribution in [2.24, 2.45) is 5.92 Å². The summed E-state index contributed by atoms with van der Waals surface area (Å²) in [5.41, 5.74) is 0.196. The van der Waals surface area contributed by atoms with Crippen LogP contribution in [0.2, 0.25) is 5.02 Å². The molecule has 1 aromatic carbocycles. The molecule has 0 radical (unpaired) electrons. The lowest BCUT2D eigenvalue weighted by Crippen LogP contribution is -2.46. The van der Waals surface area contributed by atoms with Gasteiger partial charge in [0.25, 0.3) is 5.91 Å². The second-order valence-electron chi connectivity index (χ2n) is 6.75. The number of benzene rings is 1. The monoisotopic (exact) mass is 367 g/mol. The summed E-state index contributed by atoms with van der Waals surface area (Å²) in [7, 11) is 0. The first-order valence-electron chi connectivity index (χ1n) is 8.80. The number of hydrogen-bond acceptors (Lipinski definition) is 3. The molecule has 2 fully saturated rings. The first kappa shape index (κ1) is 18.1. The molecule has 7 heteroatoms. The van der Waals surface area contributed by atoms with E-state index in [2.05, 4.69) is 10.6 Å². The summed E-state index contributed by atoms with van der Waals surface area (Å²) in [6.45, 7) is 2.61. The zero-order valence-corrected chi connectivity index (χ0v) is 14.8. The molecule has 2 N–H and O–H groups in total. The van der Waals surface area contributed by atoms with Gasteiger partial charge in [0.1, 0.15) is 5.82 Å². The van der Waals surface area contributed by atoms with E-state index < -0.39 is 5.82 Å². The van der Waals surface area contributed by atoms with Crippen molar-refractivity contribution in [2.75, 3.05) is 26.2 Å². The third-order valence-electron chi connectivity index (χ3n) is 4.93.